The number of aryl methyl sites for hydroxylation is 1. The molecule has 0 atom stereocenters. The lowest BCUT2D eigenvalue weighted by Gasteiger charge is -2.14. The van der Waals surface area contributed by atoms with Gasteiger partial charge in [-0.3, -0.25) is 9.52 Å². The largest absolute Gasteiger partial charge is 0.495 e. The van der Waals surface area contributed by atoms with Gasteiger partial charge < -0.3 is 10.1 Å². The highest BCUT2D eigenvalue weighted by Gasteiger charge is 2.20. The quantitative estimate of drug-likeness (QED) is 0.398. The van der Waals surface area contributed by atoms with Crippen molar-refractivity contribution in [3.8, 4) is 11.4 Å². The second-order valence-electron chi connectivity index (χ2n) is 7.43. The van der Waals surface area contributed by atoms with E-state index in [1.54, 1.807) is 67.6 Å². The molecule has 4 rings (SSSR count). The average Bonchev–Trinajstić information content (AvgIpc) is 3.36. The smallest absolute Gasteiger partial charge is 0.262 e. The highest BCUT2D eigenvalue weighted by molar-refractivity contribution is 7.92. The summed E-state index contributed by atoms with van der Waals surface area (Å²) >= 11 is 0. The number of aromatic nitrogens is 4. The minimum Gasteiger partial charge on any atom is -0.495 e. The van der Waals surface area contributed by atoms with Crippen LogP contribution in [-0.4, -0.2) is 41.6 Å². The Hall–Kier alpha value is -4.25. The van der Waals surface area contributed by atoms with Crippen LogP contribution in [-0.2, 0) is 21.2 Å². The standard InChI is InChI=1S/C23H22N6O4S/c1-16-7-10-18(14-22(16)34(31,32)26-20-5-3-4-6-21(20)33-2)25-23(30)13-17-8-11-19(12-9-17)29-15-24-27-28-29/h3-12,14-15,26H,13H2,1-2H3,(H,25,30). The molecule has 0 radical (unpaired) electrons. The van der Waals surface area contributed by atoms with Crippen LogP contribution in [0.4, 0.5) is 11.4 Å². The molecule has 0 spiro atoms. The van der Waals surface area contributed by atoms with Gasteiger partial charge in [-0.05, 0) is 64.9 Å². The van der Waals surface area contributed by atoms with E-state index in [0.717, 1.165) is 11.3 Å². The van der Waals surface area contributed by atoms with E-state index in [1.165, 1.54) is 24.2 Å². The molecule has 0 unspecified atom stereocenters. The molecule has 11 heteroatoms. The predicted octanol–water partition coefficient (Wildman–Crippen LogP) is 2.96. The number of carbonyl (C=O) groups excluding carboxylic acids is 1. The Morgan fingerprint density at radius 1 is 1.06 bits per heavy atom. The molecule has 1 aromatic heterocycles. The van der Waals surface area contributed by atoms with Crippen molar-refractivity contribution < 1.29 is 17.9 Å². The Bertz CT molecular complexity index is 1400. The highest BCUT2D eigenvalue weighted by atomic mass is 32.2. The molecule has 10 nitrogen and oxygen atoms in total. The number of methoxy groups -OCH3 is 1. The van der Waals surface area contributed by atoms with Crippen LogP contribution >= 0.6 is 0 Å². The molecule has 0 aliphatic rings. The highest BCUT2D eigenvalue weighted by Crippen LogP contribution is 2.28. The van der Waals surface area contributed by atoms with Gasteiger partial charge in [-0.2, -0.15) is 0 Å². The summed E-state index contributed by atoms with van der Waals surface area (Å²) in [5, 5.41) is 13.8. The summed E-state index contributed by atoms with van der Waals surface area (Å²) in [6.45, 7) is 1.69. The van der Waals surface area contributed by atoms with Crippen molar-refractivity contribution in [1.82, 2.24) is 20.2 Å². The van der Waals surface area contributed by atoms with Crippen LogP contribution in [0.1, 0.15) is 11.1 Å². The van der Waals surface area contributed by atoms with Crippen molar-refractivity contribution >= 4 is 27.3 Å². The lowest BCUT2D eigenvalue weighted by atomic mass is 10.1. The molecule has 1 amide bonds. The number of anilines is 2. The number of ether oxygens (including phenoxy) is 1. The first-order valence-electron chi connectivity index (χ1n) is 10.2. The number of rotatable bonds is 8. The first kappa shape index (κ1) is 22.9. The lowest BCUT2D eigenvalue weighted by Crippen LogP contribution is -2.17. The number of benzene rings is 3. The van der Waals surface area contributed by atoms with Gasteiger partial charge in [0, 0.05) is 5.69 Å². The molecular weight excluding hydrogens is 456 g/mol. The van der Waals surface area contributed by atoms with Gasteiger partial charge in [-0.1, -0.05) is 30.3 Å². The van der Waals surface area contributed by atoms with E-state index < -0.39 is 10.0 Å². The van der Waals surface area contributed by atoms with Crippen LogP contribution < -0.4 is 14.8 Å². The molecule has 0 aliphatic heterocycles. The monoisotopic (exact) mass is 478 g/mol. The molecule has 34 heavy (non-hydrogen) atoms. The first-order chi connectivity index (χ1) is 16.4. The first-order valence-corrected chi connectivity index (χ1v) is 11.7. The number of sulfonamides is 1. The molecule has 4 aromatic rings. The Labute approximate surface area is 196 Å². The van der Waals surface area contributed by atoms with Gasteiger partial charge in [-0.25, -0.2) is 13.1 Å². The van der Waals surface area contributed by atoms with Crippen molar-refractivity contribution in [2.45, 2.75) is 18.2 Å². The van der Waals surface area contributed by atoms with Gasteiger partial charge in [0.05, 0.1) is 29.8 Å². The molecule has 174 valence electrons. The fourth-order valence-corrected chi connectivity index (χ4v) is 4.67. The summed E-state index contributed by atoms with van der Waals surface area (Å²) in [6, 6.07) is 18.7. The van der Waals surface area contributed by atoms with Gasteiger partial charge in [0.2, 0.25) is 5.91 Å². The number of tetrazole rings is 1. The minimum absolute atomic E-state index is 0.0574. The Kier molecular flexibility index (Phi) is 6.55. The zero-order valence-corrected chi connectivity index (χ0v) is 19.3. The van der Waals surface area contributed by atoms with E-state index in [0.29, 0.717) is 22.7 Å². The summed E-state index contributed by atoms with van der Waals surface area (Å²) in [5.74, 6) is 0.124. The van der Waals surface area contributed by atoms with E-state index >= 15 is 0 Å². The normalized spacial score (nSPS) is 11.1. The van der Waals surface area contributed by atoms with Gasteiger partial charge in [0.25, 0.3) is 10.0 Å². The summed E-state index contributed by atoms with van der Waals surface area (Å²) in [7, 11) is -2.45. The van der Waals surface area contributed by atoms with Crippen LogP contribution in [0.5, 0.6) is 5.75 Å². The van der Waals surface area contributed by atoms with Crippen LogP contribution in [0.2, 0.25) is 0 Å². The minimum atomic E-state index is -3.92. The maximum atomic E-state index is 13.1. The van der Waals surface area contributed by atoms with E-state index in [-0.39, 0.29) is 17.2 Å². The van der Waals surface area contributed by atoms with Crippen molar-refractivity contribution in [2.24, 2.45) is 0 Å². The van der Waals surface area contributed by atoms with E-state index in [2.05, 4.69) is 25.6 Å². The Morgan fingerprint density at radius 3 is 2.53 bits per heavy atom. The molecule has 3 aromatic carbocycles. The molecule has 0 bridgehead atoms. The van der Waals surface area contributed by atoms with Crippen LogP contribution in [0.15, 0.2) is 78.0 Å². The molecule has 0 saturated carbocycles. The summed E-state index contributed by atoms with van der Waals surface area (Å²) in [6.07, 6.45) is 1.60. The third-order valence-corrected chi connectivity index (χ3v) is 6.53. The average molecular weight is 479 g/mol. The van der Waals surface area contributed by atoms with Crippen LogP contribution in [0.25, 0.3) is 5.69 Å². The van der Waals surface area contributed by atoms with E-state index in [9.17, 15) is 13.2 Å². The number of amides is 1. The third kappa shape index (κ3) is 5.21. The fourth-order valence-electron chi connectivity index (χ4n) is 3.33. The summed E-state index contributed by atoms with van der Waals surface area (Å²) in [5.41, 5.74) is 2.79. The van der Waals surface area contributed by atoms with Crippen molar-refractivity contribution in [3.63, 3.8) is 0 Å². The van der Waals surface area contributed by atoms with Crippen LogP contribution in [0, 0.1) is 6.92 Å². The Balaban J connectivity index is 1.47. The second-order valence-corrected chi connectivity index (χ2v) is 9.08. The van der Waals surface area contributed by atoms with E-state index in [4.69, 9.17) is 4.74 Å². The van der Waals surface area contributed by atoms with E-state index in [1.807, 2.05) is 0 Å². The number of nitrogens with zero attached hydrogens (tertiary/aromatic N) is 4. The zero-order chi connectivity index (χ0) is 24.1. The second kappa shape index (κ2) is 9.71. The fraction of sp³-hybridized carbons (Fsp3) is 0.130. The van der Waals surface area contributed by atoms with Gasteiger partial charge in [0.1, 0.15) is 12.1 Å². The van der Waals surface area contributed by atoms with Crippen molar-refractivity contribution in [3.05, 3.63) is 84.2 Å². The molecule has 2 N–H and O–H groups in total. The predicted molar refractivity (Wildman–Crippen MR) is 126 cm³/mol. The number of nitrogens with one attached hydrogen (secondary N) is 2. The lowest BCUT2D eigenvalue weighted by molar-refractivity contribution is -0.115. The molecule has 0 saturated heterocycles. The summed E-state index contributed by atoms with van der Waals surface area (Å²) in [4.78, 5) is 12.6. The maximum Gasteiger partial charge on any atom is 0.262 e. The van der Waals surface area contributed by atoms with Gasteiger partial charge in [-0.15, -0.1) is 5.10 Å². The SMILES string of the molecule is COc1ccccc1NS(=O)(=O)c1cc(NC(=O)Cc2ccc(-n3cnnn3)cc2)ccc1C. The number of para-hydroxylation sites is 2. The molecule has 1 heterocycles. The molecular formula is C23H22N6O4S. The van der Waals surface area contributed by atoms with Gasteiger partial charge in [0.15, 0.2) is 0 Å². The number of hydrogen-bond acceptors (Lipinski definition) is 7. The van der Waals surface area contributed by atoms with Gasteiger partial charge >= 0.3 is 0 Å². The third-order valence-electron chi connectivity index (χ3n) is 5.03. The molecule has 0 fully saturated rings. The topological polar surface area (TPSA) is 128 Å². The van der Waals surface area contributed by atoms with Crippen LogP contribution in [0.3, 0.4) is 0 Å². The molecule has 0 aliphatic carbocycles. The van der Waals surface area contributed by atoms with Crippen molar-refractivity contribution in [2.75, 3.05) is 17.1 Å². The summed E-state index contributed by atoms with van der Waals surface area (Å²) < 4.78 is 35.4. The number of hydrogen-bond donors (Lipinski definition) is 2. The zero-order valence-electron chi connectivity index (χ0n) is 18.5. The maximum absolute atomic E-state index is 13.1. The number of carbonyl (C=O) groups is 1. The Morgan fingerprint density at radius 2 is 1.82 bits per heavy atom. The van der Waals surface area contributed by atoms with Crippen molar-refractivity contribution in [1.29, 1.82) is 0 Å².